The molecule has 52 valence electrons. The molecule has 0 unspecified atom stereocenters. The Morgan fingerprint density at radius 2 is 2.22 bits per heavy atom. The summed E-state index contributed by atoms with van der Waals surface area (Å²) < 4.78 is 0. The summed E-state index contributed by atoms with van der Waals surface area (Å²) in [4.78, 5) is 4.81. The zero-order valence-electron chi connectivity index (χ0n) is 5.72. The molecule has 0 saturated heterocycles. The predicted molar refractivity (Wildman–Crippen MR) is 31.6 cm³/mol. The van der Waals surface area contributed by atoms with Crippen molar-refractivity contribution in [1.29, 1.82) is 5.53 Å². The number of hydroxylamine groups is 1. The van der Waals surface area contributed by atoms with Gasteiger partial charge in [0.25, 0.3) is 0 Å². The average Bonchev–Trinajstić information content (AvgIpc) is 2.52. The fourth-order valence-corrected chi connectivity index (χ4v) is 0.754. The Labute approximate surface area is 54.2 Å². The van der Waals surface area contributed by atoms with Crippen molar-refractivity contribution >= 4 is 0 Å². The Bertz CT molecular complexity index is 121. The minimum Gasteiger partial charge on any atom is -0.258 e. The molecule has 0 aromatic carbocycles. The zero-order chi connectivity index (χ0) is 6.91. The predicted octanol–water partition coefficient (Wildman–Crippen LogP) is 1.35. The van der Waals surface area contributed by atoms with Gasteiger partial charge in [-0.3, -0.25) is 4.84 Å². The van der Waals surface area contributed by atoms with Crippen LogP contribution in [0.2, 0.25) is 0 Å². The van der Waals surface area contributed by atoms with Crippen LogP contribution in [0, 0.1) is 5.53 Å². The van der Waals surface area contributed by atoms with Gasteiger partial charge in [0.1, 0.15) is 0 Å². The summed E-state index contributed by atoms with van der Waals surface area (Å²) in [6.45, 7) is 2.02. The van der Waals surface area contributed by atoms with Crippen LogP contribution in [0.3, 0.4) is 0 Å². The molecule has 9 heavy (non-hydrogen) atoms. The molecule has 4 nitrogen and oxygen atoms in total. The second-order valence-electron chi connectivity index (χ2n) is 2.55. The molecule has 4 heteroatoms. The van der Waals surface area contributed by atoms with Gasteiger partial charge in [0.2, 0.25) is 0 Å². The Kier molecular flexibility index (Phi) is 1.40. The van der Waals surface area contributed by atoms with E-state index in [1.54, 1.807) is 0 Å². The minimum atomic E-state index is 0.0243. The summed E-state index contributed by atoms with van der Waals surface area (Å²) in [5, 5.41) is 4.54. The fourth-order valence-electron chi connectivity index (χ4n) is 0.754. The standard InChI is InChI=1S/C5H11N3O/c1-5(3-4-5)8(7-6)9-2/h6H,3-4H2,1-2H3. The van der Waals surface area contributed by atoms with Crippen molar-refractivity contribution in [3.05, 3.63) is 0 Å². The first-order chi connectivity index (χ1) is 4.23. The van der Waals surface area contributed by atoms with E-state index >= 15 is 0 Å². The average molecular weight is 129 g/mol. The van der Waals surface area contributed by atoms with E-state index in [2.05, 4.69) is 5.22 Å². The van der Waals surface area contributed by atoms with Crippen LogP contribution in [0.15, 0.2) is 5.22 Å². The first kappa shape index (κ1) is 6.48. The Hall–Kier alpha value is -0.640. The summed E-state index contributed by atoms with van der Waals surface area (Å²) in [6.07, 6.45) is 2.15. The van der Waals surface area contributed by atoms with Gasteiger partial charge in [-0.1, -0.05) is 5.22 Å². The van der Waals surface area contributed by atoms with Crippen LogP contribution in [0.5, 0.6) is 0 Å². The minimum absolute atomic E-state index is 0.0243. The van der Waals surface area contributed by atoms with E-state index < -0.39 is 0 Å². The summed E-state index contributed by atoms with van der Waals surface area (Å²) in [5.74, 6) is 0. The third kappa shape index (κ3) is 1.03. The molecule has 0 amide bonds. The fraction of sp³-hybridized carbons (Fsp3) is 1.00. The normalized spacial score (nSPS) is 21.1. The second kappa shape index (κ2) is 1.95. The lowest BCUT2D eigenvalue weighted by molar-refractivity contribution is -0.176. The van der Waals surface area contributed by atoms with E-state index in [-0.39, 0.29) is 5.54 Å². The first-order valence-electron chi connectivity index (χ1n) is 2.95. The number of nitrogens with one attached hydrogen (secondary N) is 1. The van der Waals surface area contributed by atoms with Crippen molar-refractivity contribution in [2.24, 2.45) is 5.22 Å². The van der Waals surface area contributed by atoms with Crippen molar-refractivity contribution in [1.82, 2.24) is 5.17 Å². The van der Waals surface area contributed by atoms with Crippen LogP contribution in [0.1, 0.15) is 19.8 Å². The maximum atomic E-state index is 6.68. The molecule has 0 spiro atoms. The Morgan fingerprint density at radius 1 is 1.67 bits per heavy atom. The topological polar surface area (TPSA) is 48.7 Å². The highest BCUT2D eigenvalue weighted by Crippen LogP contribution is 2.40. The second-order valence-corrected chi connectivity index (χ2v) is 2.55. The highest BCUT2D eigenvalue weighted by Gasteiger charge is 2.44. The summed E-state index contributed by atoms with van der Waals surface area (Å²) in [5.41, 5.74) is 6.71. The Balaban J connectivity index is 2.46. The van der Waals surface area contributed by atoms with Gasteiger partial charge >= 0.3 is 0 Å². The molecule has 1 saturated carbocycles. The van der Waals surface area contributed by atoms with Gasteiger partial charge < -0.3 is 0 Å². The smallest absolute Gasteiger partial charge is 0.0856 e. The van der Waals surface area contributed by atoms with Crippen molar-refractivity contribution in [2.45, 2.75) is 25.3 Å². The zero-order valence-corrected chi connectivity index (χ0v) is 5.72. The van der Waals surface area contributed by atoms with Crippen molar-refractivity contribution in [3.8, 4) is 0 Å². The number of rotatable bonds is 3. The summed E-state index contributed by atoms with van der Waals surface area (Å²) >= 11 is 0. The van der Waals surface area contributed by atoms with Gasteiger partial charge in [0.15, 0.2) is 0 Å². The lowest BCUT2D eigenvalue weighted by atomic mass is 10.3. The van der Waals surface area contributed by atoms with Crippen molar-refractivity contribution in [3.63, 3.8) is 0 Å². The van der Waals surface area contributed by atoms with Gasteiger partial charge in [-0.2, -0.15) is 5.53 Å². The van der Waals surface area contributed by atoms with Gasteiger partial charge in [0.05, 0.1) is 12.6 Å². The molecule has 0 aromatic heterocycles. The SMILES string of the molecule is CON(N=N)C1(C)CC1. The van der Waals surface area contributed by atoms with Crippen LogP contribution in [-0.2, 0) is 4.84 Å². The van der Waals surface area contributed by atoms with Gasteiger partial charge in [-0.05, 0) is 19.8 Å². The molecule has 0 bridgehead atoms. The van der Waals surface area contributed by atoms with Crippen LogP contribution in [0.25, 0.3) is 0 Å². The molecule has 0 heterocycles. The number of nitrogens with zero attached hydrogens (tertiary/aromatic N) is 2. The monoisotopic (exact) mass is 129 g/mol. The highest BCUT2D eigenvalue weighted by molar-refractivity contribution is 4.95. The van der Waals surface area contributed by atoms with E-state index in [9.17, 15) is 0 Å². The van der Waals surface area contributed by atoms with E-state index in [4.69, 9.17) is 10.4 Å². The van der Waals surface area contributed by atoms with Gasteiger partial charge in [-0.25, -0.2) is 0 Å². The van der Waals surface area contributed by atoms with Crippen LogP contribution < -0.4 is 0 Å². The molecule has 0 radical (unpaired) electrons. The molecular weight excluding hydrogens is 118 g/mol. The third-order valence-corrected chi connectivity index (χ3v) is 1.70. The highest BCUT2D eigenvalue weighted by atomic mass is 16.7. The van der Waals surface area contributed by atoms with E-state index in [1.165, 1.54) is 12.3 Å². The largest absolute Gasteiger partial charge is 0.258 e. The lowest BCUT2D eigenvalue weighted by Gasteiger charge is -2.19. The number of hydrogen-bond donors (Lipinski definition) is 1. The summed E-state index contributed by atoms with van der Waals surface area (Å²) in [6, 6.07) is 0. The quantitative estimate of drug-likeness (QED) is 0.462. The molecule has 1 fully saturated rings. The van der Waals surface area contributed by atoms with Gasteiger partial charge in [-0.15, -0.1) is 5.17 Å². The third-order valence-electron chi connectivity index (χ3n) is 1.70. The molecule has 1 rings (SSSR count). The van der Waals surface area contributed by atoms with Crippen LogP contribution in [-0.4, -0.2) is 17.8 Å². The molecule has 1 aliphatic rings. The van der Waals surface area contributed by atoms with Crippen molar-refractivity contribution < 1.29 is 4.84 Å². The van der Waals surface area contributed by atoms with E-state index in [1.807, 2.05) is 6.92 Å². The van der Waals surface area contributed by atoms with E-state index in [0.717, 1.165) is 12.8 Å². The molecule has 0 aliphatic heterocycles. The molecule has 1 aliphatic carbocycles. The molecule has 0 aromatic rings. The number of hydrogen-bond acceptors (Lipinski definition) is 3. The molecular formula is C5H11N3O. The Morgan fingerprint density at radius 3 is 2.33 bits per heavy atom. The first-order valence-corrected chi connectivity index (χ1v) is 2.95. The maximum Gasteiger partial charge on any atom is 0.0856 e. The lowest BCUT2D eigenvalue weighted by Crippen LogP contribution is -2.27. The van der Waals surface area contributed by atoms with E-state index in [0.29, 0.717) is 0 Å². The summed E-state index contributed by atoms with van der Waals surface area (Å²) in [7, 11) is 1.53. The van der Waals surface area contributed by atoms with Crippen molar-refractivity contribution in [2.75, 3.05) is 7.11 Å². The van der Waals surface area contributed by atoms with Gasteiger partial charge in [0, 0.05) is 0 Å². The maximum absolute atomic E-state index is 6.68. The van der Waals surface area contributed by atoms with Crippen LogP contribution >= 0.6 is 0 Å². The molecule has 0 atom stereocenters. The molecule has 1 N–H and O–H groups in total. The van der Waals surface area contributed by atoms with Crippen LogP contribution in [0.4, 0.5) is 0 Å².